The lowest BCUT2D eigenvalue weighted by atomic mass is 9.78. The third-order valence-corrected chi connectivity index (χ3v) is 6.55. The third kappa shape index (κ3) is 5.15. The topological polar surface area (TPSA) is 53.9 Å². The van der Waals surface area contributed by atoms with Gasteiger partial charge in [-0.25, -0.2) is 0 Å². The Morgan fingerprint density at radius 1 is 1.15 bits per heavy atom. The van der Waals surface area contributed by atoms with Gasteiger partial charge in [0.15, 0.2) is 6.54 Å². The Bertz CT molecular complexity index is 676. The van der Waals surface area contributed by atoms with Gasteiger partial charge in [-0.2, -0.15) is 0 Å². The molecule has 1 aliphatic heterocycles. The molecule has 2 N–H and O–H groups in total. The van der Waals surface area contributed by atoms with Crippen LogP contribution in [-0.4, -0.2) is 49.4 Å². The number of amides is 2. The van der Waals surface area contributed by atoms with Crippen LogP contribution in [0.15, 0.2) is 18.2 Å². The van der Waals surface area contributed by atoms with Gasteiger partial charge >= 0.3 is 0 Å². The molecule has 2 amide bonds. The second-order valence-electron chi connectivity index (χ2n) is 7.77. The van der Waals surface area contributed by atoms with E-state index in [2.05, 4.69) is 5.32 Å². The van der Waals surface area contributed by atoms with Crippen LogP contribution in [0, 0.1) is 5.92 Å². The zero-order chi connectivity index (χ0) is 19.4. The lowest BCUT2D eigenvalue weighted by Gasteiger charge is -2.41. The standard InChI is InChI=1S/C20H27Cl2N3O2/c1-24(12-18(26)23-20-15(21)8-4-9-16(20)22)19(27)13-25-11-5-7-14-6-2-3-10-17(14)25/h4,8-9,14,17H,2-3,5-7,10-13H2,1H3,(H,23,26)/p+1/t14-,17+/m1/s1. The molecule has 1 unspecified atom stereocenters. The highest BCUT2D eigenvalue weighted by molar-refractivity contribution is 6.39. The van der Waals surface area contributed by atoms with Crippen LogP contribution in [0.25, 0.3) is 0 Å². The molecular weight excluding hydrogens is 385 g/mol. The van der Waals surface area contributed by atoms with E-state index >= 15 is 0 Å². The van der Waals surface area contributed by atoms with Gasteiger partial charge in [0.1, 0.15) is 0 Å². The zero-order valence-electron chi connectivity index (χ0n) is 15.8. The van der Waals surface area contributed by atoms with Crippen molar-refractivity contribution in [1.29, 1.82) is 0 Å². The van der Waals surface area contributed by atoms with E-state index < -0.39 is 0 Å². The summed E-state index contributed by atoms with van der Waals surface area (Å²) in [6.07, 6.45) is 7.63. The number of nitrogens with zero attached hydrogens (tertiary/aromatic N) is 1. The molecular formula is C20H28Cl2N3O2+. The van der Waals surface area contributed by atoms with Crippen molar-refractivity contribution in [3.8, 4) is 0 Å². The Hall–Kier alpha value is -1.30. The summed E-state index contributed by atoms with van der Waals surface area (Å²) in [4.78, 5) is 27.9. The van der Waals surface area contributed by atoms with Crippen molar-refractivity contribution >= 4 is 40.7 Å². The van der Waals surface area contributed by atoms with Crippen LogP contribution in [0.1, 0.15) is 38.5 Å². The predicted molar refractivity (Wildman–Crippen MR) is 108 cm³/mol. The number of carbonyl (C=O) groups is 2. The molecule has 0 radical (unpaired) electrons. The molecule has 2 aliphatic rings. The molecule has 1 heterocycles. The lowest BCUT2D eigenvalue weighted by Crippen LogP contribution is -3.18. The highest BCUT2D eigenvalue weighted by Crippen LogP contribution is 2.30. The third-order valence-electron chi connectivity index (χ3n) is 5.92. The molecule has 0 aromatic heterocycles. The van der Waals surface area contributed by atoms with Crippen LogP contribution in [-0.2, 0) is 9.59 Å². The van der Waals surface area contributed by atoms with Crippen molar-refractivity contribution in [2.75, 3.05) is 32.0 Å². The van der Waals surface area contributed by atoms with Gasteiger partial charge in [0, 0.05) is 13.0 Å². The Kier molecular flexibility index (Phi) is 7.01. The van der Waals surface area contributed by atoms with Crippen molar-refractivity contribution in [2.24, 2.45) is 5.92 Å². The maximum absolute atomic E-state index is 12.7. The van der Waals surface area contributed by atoms with Crippen LogP contribution in [0.2, 0.25) is 10.0 Å². The van der Waals surface area contributed by atoms with Crippen molar-refractivity contribution in [1.82, 2.24) is 4.90 Å². The summed E-state index contributed by atoms with van der Waals surface area (Å²) in [6, 6.07) is 5.66. The first kappa shape index (κ1) is 20.4. The summed E-state index contributed by atoms with van der Waals surface area (Å²) in [7, 11) is 1.68. The first-order chi connectivity index (χ1) is 13.0. The summed E-state index contributed by atoms with van der Waals surface area (Å²) >= 11 is 12.2. The molecule has 7 heteroatoms. The molecule has 2 fully saturated rings. The Morgan fingerprint density at radius 3 is 2.56 bits per heavy atom. The first-order valence-electron chi connectivity index (χ1n) is 9.78. The minimum Gasteiger partial charge on any atom is -0.332 e. The Labute approximate surface area is 171 Å². The van der Waals surface area contributed by atoms with Gasteiger partial charge in [0.25, 0.3) is 5.91 Å². The number of hydrogen-bond donors (Lipinski definition) is 2. The summed E-state index contributed by atoms with van der Waals surface area (Å²) in [5.74, 6) is 0.480. The molecule has 1 saturated heterocycles. The van der Waals surface area contributed by atoms with E-state index in [0.29, 0.717) is 28.3 Å². The highest BCUT2D eigenvalue weighted by atomic mass is 35.5. The molecule has 5 nitrogen and oxygen atoms in total. The number of hydrogen-bond acceptors (Lipinski definition) is 2. The Balaban J connectivity index is 1.53. The van der Waals surface area contributed by atoms with E-state index in [1.165, 1.54) is 48.3 Å². The number of rotatable bonds is 5. The van der Waals surface area contributed by atoms with Gasteiger partial charge in [-0.15, -0.1) is 0 Å². The molecule has 0 spiro atoms. The number of fused-ring (bicyclic) bond motifs is 1. The molecule has 1 saturated carbocycles. The maximum Gasteiger partial charge on any atom is 0.277 e. The van der Waals surface area contributed by atoms with Crippen LogP contribution >= 0.6 is 23.2 Å². The van der Waals surface area contributed by atoms with Crippen molar-refractivity contribution in [3.05, 3.63) is 28.2 Å². The van der Waals surface area contributed by atoms with Crippen LogP contribution in [0.4, 0.5) is 5.69 Å². The van der Waals surface area contributed by atoms with Gasteiger partial charge in [0.2, 0.25) is 5.91 Å². The normalized spacial score (nSPS) is 24.8. The molecule has 148 valence electrons. The van der Waals surface area contributed by atoms with Crippen LogP contribution in [0.5, 0.6) is 0 Å². The largest absolute Gasteiger partial charge is 0.332 e. The number of quaternary nitrogens is 1. The van der Waals surface area contributed by atoms with Gasteiger partial charge < -0.3 is 15.1 Å². The fourth-order valence-electron chi connectivity index (χ4n) is 4.52. The molecule has 0 bridgehead atoms. The van der Waals surface area contributed by atoms with E-state index in [4.69, 9.17) is 23.2 Å². The van der Waals surface area contributed by atoms with E-state index in [9.17, 15) is 9.59 Å². The summed E-state index contributed by atoms with van der Waals surface area (Å²) in [5, 5.41) is 3.47. The minimum atomic E-state index is -0.301. The SMILES string of the molecule is CN(CC(=O)Nc1c(Cl)cccc1Cl)C(=O)C[NH+]1CCC[C@H]2CCCC[C@@H]21. The molecule has 1 aromatic rings. The average molecular weight is 413 g/mol. The number of likely N-dealkylation sites (tertiary alicyclic amines) is 1. The average Bonchev–Trinajstić information content (AvgIpc) is 2.65. The maximum atomic E-state index is 12.7. The fourth-order valence-corrected chi connectivity index (χ4v) is 5.01. The fraction of sp³-hybridized carbons (Fsp3) is 0.600. The lowest BCUT2D eigenvalue weighted by molar-refractivity contribution is -0.929. The summed E-state index contributed by atoms with van der Waals surface area (Å²) in [5.41, 5.74) is 0.387. The number of nitrogens with one attached hydrogen (secondary N) is 2. The van der Waals surface area contributed by atoms with Crippen LogP contribution < -0.4 is 10.2 Å². The van der Waals surface area contributed by atoms with Gasteiger partial charge in [0.05, 0.1) is 34.9 Å². The van der Waals surface area contributed by atoms with E-state index in [0.717, 1.165) is 12.5 Å². The minimum absolute atomic E-state index is 0.0108. The Morgan fingerprint density at radius 2 is 1.81 bits per heavy atom. The van der Waals surface area contributed by atoms with E-state index in [1.54, 1.807) is 25.2 Å². The molecule has 1 aliphatic carbocycles. The van der Waals surface area contributed by atoms with Crippen molar-refractivity contribution < 1.29 is 14.5 Å². The molecule has 27 heavy (non-hydrogen) atoms. The second kappa shape index (κ2) is 9.26. The number of carbonyl (C=O) groups excluding carboxylic acids is 2. The number of likely N-dealkylation sites (N-methyl/N-ethyl adjacent to an activating group) is 1. The van der Waals surface area contributed by atoms with Crippen molar-refractivity contribution in [3.63, 3.8) is 0 Å². The number of piperidine rings is 1. The molecule has 3 rings (SSSR count). The van der Waals surface area contributed by atoms with Gasteiger partial charge in [-0.05, 0) is 44.2 Å². The van der Waals surface area contributed by atoms with Crippen molar-refractivity contribution in [2.45, 2.75) is 44.6 Å². The smallest absolute Gasteiger partial charge is 0.277 e. The number of para-hydroxylation sites is 1. The van der Waals surface area contributed by atoms with E-state index in [1.807, 2.05) is 0 Å². The summed E-state index contributed by atoms with van der Waals surface area (Å²) < 4.78 is 0. The van der Waals surface area contributed by atoms with Crippen LogP contribution in [0.3, 0.4) is 0 Å². The molecule has 1 aromatic carbocycles. The number of halogens is 2. The quantitative estimate of drug-likeness (QED) is 0.780. The number of anilines is 1. The highest BCUT2D eigenvalue weighted by Gasteiger charge is 2.37. The monoisotopic (exact) mass is 412 g/mol. The van der Waals surface area contributed by atoms with E-state index in [-0.39, 0.29) is 18.4 Å². The molecule has 3 atom stereocenters. The van der Waals surface area contributed by atoms with Gasteiger partial charge in [-0.3, -0.25) is 9.59 Å². The second-order valence-corrected chi connectivity index (χ2v) is 8.59. The number of benzene rings is 1. The summed E-state index contributed by atoms with van der Waals surface area (Å²) in [6.45, 7) is 1.52. The first-order valence-corrected chi connectivity index (χ1v) is 10.5. The predicted octanol–water partition coefficient (Wildman–Crippen LogP) is 2.63. The zero-order valence-corrected chi connectivity index (χ0v) is 17.3. The van der Waals surface area contributed by atoms with Gasteiger partial charge in [-0.1, -0.05) is 35.7 Å².